The van der Waals surface area contributed by atoms with Crippen molar-refractivity contribution in [1.82, 2.24) is 0 Å². The molecule has 0 bridgehead atoms. The van der Waals surface area contributed by atoms with Crippen molar-refractivity contribution in [2.45, 2.75) is 47.8 Å². The number of aliphatic imine (C=N–C) groups is 1. The van der Waals surface area contributed by atoms with Crippen LogP contribution in [0.5, 0.6) is 0 Å². The van der Waals surface area contributed by atoms with Crippen LogP contribution in [0.25, 0.3) is 0 Å². The van der Waals surface area contributed by atoms with E-state index in [1.54, 1.807) is 0 Å². The number of rotatable bonds is 3. The number of aryl methyl sites for hydroxylation is 3. The third-order valence-corrected chi connectivity index (χ3v) is 6.69. The fourth-order valence-corrected chi connectivity index (χ4v) is 4.69. The van der Waals surface area contributed by atoms with Gasteiger partial charge in [0.1, 0.15) is 0 Å². The van der Waals surface area contributed by atoms with E-state index in [-0.39, 0.29) is 10.9 Å². The number of hydrogen-bond donors (Lipinski definition) is 0. The summed E-state index contributed by atoms with van der Waals surface area (Å²) in [5.41, 5.74) is 3.92. The number of carbonyl (C=O) groups is 1. The predicted molar refractivity (Wildman–Crippen MR) is 120 cm³/mol. The van der Waals surface area contributed by atoms with Crippen molar-refractivity contribution in [3.63, 3.8) is 0 Å². The van der Waals surface area contributed by atoms with Crippen molar-refractivity contribution in [2.24, 2.45) is 4.99 Å². The number of alkyl halides is 6. The Bertz CT molecular complexity index is 1040. The molecular weight excluding hydrogens is 492 g/mol. The van der Waals surface area contributed by atoms with Crippen LogP contribution in [0.2, 0.25) is 0 Å². The van der Waals surface area contributed by atoms with Gasteiger partial charge < -0.3 is 5.11 Å². The first-order chi connectivity index (χ1) is 16.2. The van der Waals surface area contributed by atoms with Gasteiger partial charge in [0.05, 0.1) is 16.8 Å². The minimum absolute atomic E-state index is 0.0394. The fourth-order valence-electron chi connectivity index (χ4n) is 2.65. The van der Waals surface area contributed by atoms with E-state index in [1.807, 2.05) is 0 Å². The molecule has 0 atom stereocenters. The molecule has 3 rings (SSSR count). The largest absolute Gasteiger partial charge is 0.855 e. The Morgan fingerprint density at radius 2 is 0.914 bits per heavy atom. The summed E-state index contributed by atoms with van der Waals surface area (Å²) in [7, 11) is -0.0394. The van der Waals surface area contributed by atoms with E-state index in [1.165, 1.54) is 36.4 Å². The first-order valence-electron chi connectivity index (χ1n) is 10.1. The maximum atomic E-state index is 11.2. The Morgan fingerprint density at radius 3 is 1.14 bits per heavy atom. The fraction of sp³-hybridized carbons (Fsp3) is 0.200. The van der Waals surface area contributed by atoms with Crippen LogP contribution in [0.4, 0.5) is 26.3 Å². The van der Waals surface area contributed by atoms with Gasteiger partial charge in [-0.2, -0.15) is 26.3 Å². The third kappa shape index (κ3) is 8.47. The van der Waals surface area contributed by atoms with Gasteiger partial charge in [0, 0.05) is 0 Å². The molecule has 0 saturated heterocycles. The highest BCUT2D eigenvalue weighted by atomic mass is 32.2. The normalized spacial score (nSPS) is 12.2. The summed E-state index contributed by atoms with van der Waals surface area (Å²) < 4.78 is 67.4. The van der Waals surface area contributed by atoms with Crippen LogP contribution in [0.3, 0.4) is 0 Å². The Balaban J connectivity index is 0.000000287. The summed E-state index contributed by atoms with van der Waals surface area (Å²) in [5, 5.41) is 9.71. The van der Waals surface area contributed by atoms with Crippen molar-refractivity contribution in [1.29, 1.82) is 0 Å². The summed E-state index contributed by atoms with van der Waals surface area (Å²) in [5.74, 6) is -6.15. The number of amides is 1. The predicted octanol–water partition coefficient (Wildman–Crippen LogP) is 6.10. The molecule has 0 unspecified atom stereocenters. The van der Waals surface area contributed by atoms with Crippen molar-refractivity contribution < 1.29 is 36.2 Å². The van der Waals surface area contributed by atoms with Gasteiger partial charge in [0.25, 0.3) is 0 Å². The van der Waals surface area contributed by atoms with Crippen LogP contribution in [0.15, 0.2) is 92.5 Å². The molecule has 0 aromatic heterocycles. The summed E-state index contributed by atoms with van der Waals surface area (Å²) in [6.07, 6.45) is -11.1. The van der Waals surface area contributed by atoms with Gasteiger partial charge in [0.2, 0.25) is 0 Å². The quantitative estimate of drug-likeness (QED) is 0.184. The van der Waals surface area contributed by atoms with Gasteiger partial charge in [-0.3, -0.25) is 4.79 Å². The standard InChI is InChI=1S/C21H21S.C4HF6NO2/c1-16-4-10-19(11-5-16)22(20-12-6-17(2)7-13-20)21-14-8-18(3)9-15-21;5-3(6,7)1(12)11-2(13)4(8,9)10/h4-15H,1-3H3;(H,11,12,13)/q+1;/p-1. The first kappa shape index (κ1) is 28.0. The molecule has 3 aromatic rings. The van der Waals surface area contributed by atoms with Gasteiger partial charge in [-0.1, -0.05) is 53.1 Å². The lowest BCUT2D eigenvalue weighted by Crippen LogP contribution is -2.37. The van der Waals surface area contributed by atoms with E-state index in [4.69, 9.17) is 0 Å². The zero-order chi connectivity index (χ0) is 26.4. The van der Waals surface area contributed by atoms with Crippen molar-refractivity contribution >= 4 is 22.7 Å². The molecule has 3 aromatic carbocycles. The van der Waals surface area contributed by atoms with Crippen molar-refractivity contribution in [3.8, 4) is 0 Å². The molecule has 0 aliphatic heterocycles. The Hall–Kier alpha value is -3.27. The second-order valence-corrected chi connectivity index (χ2v) is 9.49. The van der Waals surface area contributed by atoms with E-state index in [0.29, 0.717) is 0 Å². The Kier molecular flexibility index (Phi) is 9.14. The average molecular weight is 514 g/mol. The Labute approximate surface area is 201 Å². The van der Waals surface area contributed by atoms with Crippen molar-refractivity contribution in [2.75, 3.05) is 0 Å². The number of nitrogens with zero attached hydrogens (tertiary/aromatic N) is 1. The van der Waals surface area contributed by atoms with Gasteiger partial charge in [-0.25, -0.2) is 4.99 Å². The van der Waals surface area contributed by atoms with Crippen LogP contribution in [0, 0.1) is 20.8 Å². The molecule has 0 aliphatic rings. The topological polar surface area (TPSA) is 52.5 Å². The van der Waals surface area contributed by atoms with Crippen molar-refractivity contribution in [3.05, 3.63) is 89.5 Å². The molecule has 10 heteroatoms. The number of carbonyl (C=O) groups excluding carboxylic acids is 1. The van der Waals surface area contributed by atoms with Crippen LogP contribution < -0.4 is 5.11 Å². The SMILES string of the molecule is Cc1ccc([S+](c2ccc(C)cc2)c2ccc(C)cc2)cc1.O=C(N=C([O-])C(F)(F)F)C(F)(F)F. The first-order valence-corrected chi connectivity index (χ1v) is 11.3. The summed E-state index contributed by atoms with van der Waals surface area (Å²) in [4.78, 5) is 15.1. The third-order valence-electron chi connectivity index (χ3n) is 4.46. The average Bonchev–Trinajstić information content (AvgIpc) is 2.77. The summed E-state index contributed by atoms with van der Waals surface area (Å²) >= 11 is 0. The lowest BCUT2D eigenvalue weighted by Gasteiger charge is -2.13. The monoisotopic (exact) mass is 513 g/mol. The molecule has 0 radical (unpaired) electrons. The minimum atomic E-state index is -5.57. The number of benzene rings is 3. The lowest BCUT2D eigenvalue weighted by atomic mass is 10.2. The number of hydrogen-bond acceptors (Lipinski definition) is 2. The van der Waals surface area contributed by atoms with Crippen LogP contribution >= 0.6 is 0 Å². The molecule has 0 saturated carbocycles. The van der Waals surface area contributed by atoms with E-state index < -0.39 is 24.2 Å². The van der Waals surface area contributed by atoms with Crippen LogP contribution in [-0.2, 0) is 15.7 Å². The zero-order valence-electron chi connectivity index (χ0n) is 18.9. The minimum Gasteiger partial charge on any atom is -0.855 e. The second-order valence-electron chi connectivity index (χ2n) is 7.46. The van der Waals surface area contributed by atoms with E-state index in [0.717, 1.165) is 0 Å². The van der Waals surface area contributed by atoms with E-state index in [9.17, 15) is 36.2 Å². The number of halogens is 6. The van der Waals surface area contributed by atoms with E-state index >= 15 is 0 Å². The molecule has 0 aliphatic carbocycles. The van der Waals surface area contributed by atoms with Gasteiger partial charge in [-0.05, 0) is 57.2 Å². The molecule has 3 nitrogen and oxygen atoms in total. The molecule has 1 amide bonds. The van der Waals surface area contributed by atoms with Crippen LogP contribution in [0.1, 0.15) is 16.7 Å². The highest BCUT2D eigenvalue weighted by molar-refractivity contribution is 7.97. The lowest BCUT2D eigenvalue weighted by molar-refractivity contribution is -0.263. The summed E-state index contributed by atoms with van der Waals surface area (Å²) in [6, 6.07) is 26.8. The molecule has 0 fully saturated rings. The highest BCUT2D eigenvalue weighted by Crippen LogP contribution is 2.31. The molecule has 35 heavy (non-hydrogen) atoms. The molecule has 186 valence electrons. The van der Waals surface area contributed by atoms with Gasteiger partial charge in [0.15, 0.2) is 14.7 Å². The molecule has 0 heterocycles. The second kappa shape index (κ2) is 11.4. The smallest absolute Gasteiger partial charge is 0.473 e. The molecule has 0 spiro atoms. The maximum Gasteiger partial charge on any atom is 0.473 e. The molecular formula is C25H21F6NO2S. The highest BCUT2D eigenvalue weighted by Gasteiger charge is 2.40. The van der Waals surface area contributed by atoms with Crippen LogP contribution in [-0.4, -0.2) is 24.2 Å². The Morgan fingerprint density at radius 1 is 0.629 bits per heavy atom. The van der Waals surface area contributed by atoms with E-state index in [2.05, 4.69) is 93.6 Å². The maximum absolute atomic E-state index is 11.2. The molecule has 0 N–H and O–H groups in total. The van der Waals surface area contributed by atoms with Gasteiger partial charge in [-0.15, -0.1) is 0 Å². The summed E-state index contributed by atoms with van der Waals surface area (Å²) in [6.45, 7) is 6.42. The zero-order valence-corrected chi connectivity index (χ0v) is 19.7. The van der Waals surface area contributed by atoms with Gasteiger partial charge >= 0.3 is 18.3 Å².